The molecule has 0 saturated carbocycles. The summed E-state index contributed by atoms with van der Waals surface area (Å²) >= 11 is 0. The molecule has 0 aliphatic rings. The summed E-state index contributed by atoms with van der Waals surface area (Å²) in [5.74, 6) is 0.0675. The molecule has 0 amide bonds. The second-order valence-electron chi connectivity index (χ2n) is 6.75. The Labute approximate surface area is 176 Å². The number of sulfonamides is 1. The summed E-state index contributed by atoms with van der Waals surface area (Å²) in [6.07, 6.45) is 0. The Hall–Kier alpha value is -3.32. The first-order chi connectivity index (χ1) is 14.3. The Kier molecular flexibility index (Phi) is 6.74. The molecule has 0 atom stereocenters. The van der Waals surface area contributed by atoms with Crippen LogP contribution in [0.3, 0.4) is 0 Å². The fraction of sp³-hybridized carbons (Fsp3) is 0.174. The molecule has 0 radical (unpaired) electrons. The molecular weight excluding hydrogens is 402 g/mol. The SMILES string of the molecule is Cc1ccc(NS(=O)(=O)c2cc(C(=O)OCCOc3ccccc3)ccc2C)cc1. The molecule has 1 N–H and O–H groups in total. The summed E-state index contributed by atoms with van der Waals surface area (Å²) in [5.41, 5.74) is 2.16. The lowest BCUT2D eigenvalue weighted by Crippen LogP contribution is -2.16. The molecular formula is C23H23NO5S. The molecule has 0 fully saturated rings. The molecule has 0 aliphatic heterocycles. The lowest BCUT2D eigenvalue weighted by molar-refractivity contribution is 0.0450. The Balaban J connectivity index is 1.66. The van der Waals surface area contributed by atoms with Crippen molar-refractivity contribution in [2.45, 2.75) is 18.7 Å². The normalized spacial score (nSPS) is 11.0. The van der Waals surface area contributed by atoms with Crippen LogP contribution in [0.4, 0.5) is 5.69 Å². The van der Waals surface area contributed by atoms with Gasteiger partial charge in [0.2, 0.25) is 0 Å². The van der Waals surface area contributed by atoms with E-state index in [2.05, 4.69) is 4.72 Å². The van der Waals surface area contributed by atoms with Gasteiger partial charge in [-0.3, -0.25) is 4.72 Å². The number of rotatable bonds is 8. The zero-order valence-corrected chi connectivity index (χ0v) is 17.6. The van der Waals surface area contributed by atoms with Crippen molar-refractivity contribution in [3.63, 3.8) is 0 Å². The van der Waals surface area contributed by atoms with Crippen molar-refractivity contribution < 1.29 is 22.7 Å². The van der Waals surface area contributed by atoms with Crippen LogP contribution in [0, 0.1) is 13.8 Å². The summed E-state index contributed by atoms with van der Waals surface area (Å²) in [6.45, 7) is 3.84. The van der Waals surface area contributed by atoms with E-state index in [-0.39, 0.29) is 23.7 Å². The van der Waals surface area contributed by atoms with E-state index in [9.17, 15) is 13.2 Å². The summed E-state index contributed by atoms with van der Waals surface area (Å²) in [4.78, 5) is 12.4. The molecule has 3 aromatic rings. The number of benzene rings is 3. The van der Waals surface area contributed by atoms with Gasteiger partial charge in [-0.2, -0.15) is 0 Å². The highest BCUT2D eigenvalue weighted by atomic mass is 32.2. The third-order valence-electron chi connectivity index (χ3n) is 4.35. The van der Waals surface area contributed by atoms with Gasteiger partial charge in [-0.15, -0.1) is 0 Å². The summed E-state index contributed by atoms with van der Waals surface area (Å²) in [6, 6.07) is 20.6. The van der Waals surface area contributed by atoms with E-state index in [1.807, 2.05) is 37.3 Å². The zero-order valence-electron chi connectivity index (χ0n) is 16.8. The van der Waals surface area contributed by atoms with Crippen LogP contribution in [0.25, 0.3) is 0 Å². The fourth-order valence-corrected chi connectivity index (χ4v) is 4.07. The van der Waals surface area contributed by atoms with Crippen molar-refractivity contribution in [2.24, 2.45) is 0 Å². The van der Waals surface area contributed by atoms with Gasteiger partial charge in [-0.05, 0) is 55.8 Å². The lowest BCUT2D eigenvalue weighted by atomic mass is 10.1. The van der Waals surface area contributed by atoms with Crippen LogP contribution in [-0.4, -0.2) is 27.6 Å². The zero-order chi connectivity index (χ0) is 21.6. The fourth-order valence-electron chi connectivity index (χ4n) is 2.74. The minimum Gasteiger partial charge on any atom is -0.490 e. The van der Waals surface area contributed by atoms with E-state index >= 15 is 0 Å². The number of anilines is 1. The third kappa shape index (κ3) is 5.61. The smallest absolute Gasteiger partial charge is 0.338 e. The quantitative estimate of drug-likeness (QED) is 0.429. The number of esters is 1. The Morgan fingerprint density at radius 1 is 0.900 bits per heavy atom. The third-order valence-corrected chi connectivity index (χ3v) is 5.87. The molecule has 0 bridgehead atoms. The average molecular weight is 426 g/mol. The predicted molar refractivity (Wildman–Crippen MR) is 115 cm³/mol. The van der Waals surface area contributed by atoms with Crippen molar-refractivity contribution >= 4 is 21.7 Å². The maximum Gasteiger partial charge on any atom is 0.338 e. The number of carbonyl (C=O) groups is 1. The van der Waals surface area contributed by atoms with Gasteiger partial charge in [0.1, 0.15) is 19.0 Å². The molecule has 0 aliphatic carbocycles. The predicted octanol–water partition coefficient (Wildman–Crippen LogP) is 4.34. The topological polar surface area (TPSA) is 81.7 Å². The van der Waals surface area contributed by atoms with Crippen LogP contribution >= 0.6 is 0 Å². The molecule has 0 saturated heterocycles. The van der Waals surface area contributed by atoms with Gasteiger partial charge in [0.05, 0.1) is 10.5 Å². The van der Waals surface area contributed by atoms with E-state index in [1.54, 1.807) is 43.3 Å². The molecule has 3 rings (SSSR count). The highest BCUT2D eigenvalue weighted by Gasteiger charge is 2.20. The van der Waals surface area contributed by atoms with Crippen LogP contribution in [0.5, 0.6) is 5.75 Å². The molecule has 156 valence electrons. The Morgan fingerprint density at radius 2 is 1.60 bits per heavy atom. The first-order valence-electron chi connectivity index (χ1n) is 9.40. The van der Waals surface area contributed by atoms with E-state index in [0.717, 1.165) is 5.56 Å². The van der Waals surface area contributed by atoms with E-state index in [4.69, 9.17) is 9.47 Å². The van der Waals surface area contributed by atoms with Gasteiger partial charge in [-0.1, -0.05) is 42.0 Å². The number of hydrogen-bond acceptors (Lipinski definition) is 5. The van der Waals surface area contributed by atoms with Crippen molar-refractivity contribution in [2.75, 3.05) is 17.9 Å². The molecule has 0 spiro atoms. The molecule has 30 heavy (non-hydrogen) atoms. The number of ether oxygens (including phenoxy) is 2. The number of nitrogens with one attached hydrogen (secondary N) is 1. The lowest BCUT2D eigenvalue weighted by Gasteiger charge is -2.12. The van der Waals surface area contributed by atoms with Gasteiger partial charge in [0.25, 0.3) is 10.0 Å². The maximum atomic E-state index is 12.8. The standard InChI is InChI=1S/C23H23NO5S/c1-17-8-12-20(13-9-17)24-30(26,27)22-16-19(11-10-18(22)2)23(25)29-15-14-28-21-6-4-3-5-7-21/h3-13,16,24H,14-15H2,1-2H3. The van der Waals surface area contributed by atoms with Crippen LogP contribution in [0.1, 0.15) is 21.5 Å². The Bertz CT molecular complexity index is 1110. The highest BCUT2D eigenvalue weighted by molar-refractivity contribution is 7.92. The molecule has 0 aromatic heterocycles. The summed E-state index contributed by atoms with van der Waals surface area (Å²) in [5, 5.41) is 0. The second-order valence-corrected chi connectivity index (χ2v) is 8.40. The minimum atomic E-state index is -3.86. The first kappa shape index (κ1) is 21.4. The minimum absolute atomic E-state index is 0.0260. The van der Waals surface area contributed by atoms with E-state index < -0.39 is 16.0 Å². The Morgan fingerprint density at radius 3 is 2.30 bits per heavy atom. The van der Waals surface area contributed by atoms with Gasteiger partial charge in [0.15, 0.2) is 0 Å². The van der Waals surface area contributed by atoms with Crippen LogP contribution in [-0.2, 0) is 14.8 Å². The van der Waals surface area contributed by atoms with Crippen molar-refractivity contribution in [1.82, 2.24) is 0 Å². The average Bonchev–Trinajstić information content (AvgIpc) is 2.73. The highest BCUT2D eigenvalue weighted by Crippen LogP contribution is 2.21. The molecule has 0 unspecified atom stereocenters. The number of hydrogen-bond donors (Lipinski definition) is 1. The van der Waals surface area contributed by atoms with Crippen LogP contribution < -0.4 is 9.46 Å². The molecule has 3 aromatic carbocycles. The molecule has 7 heteroatoms. The van der Waals surface area contributed by atoms with E-state index in [1.165, 1.54) is 6.07 Å². The number of para-hydroxylation sites is 1. The van der Waals surface area contributed by atoms with Crippen LogP contribution in [0.2, 0.25) is 0 Å². The number of carbonyl (C=O) groups excluding carboxylic acids is 1. The monoisotopic (exact) mass is 425 g/mol. The largest absolute Gasteiger partial charge is 0.490 e. The first-order valence-corrected chi connectivity index (χ1v) is 10.9. The van der Waals surface area contributed by atoms with E-state index in [0.29, 0.717) is 17.0 Å². The summed E-state index contributed by atoms with van der Waals surface area (Å²) in [7, 11) is -3.86. The van der Waals surface area contributed by atoms with Gasteiger partial charge in [0, 0.05) is 5.69 Å². The van der Waals surface area contributed by atoms with Gasteiger partial charge < -0.3 is 9.47 Å². The van der Waals surface area contributed by atoms with Crippen molar-refractivity contribution in [3.8, 4) is 5.75 Å². The van der Waals surface area contributed by atoms with Gasteiger partial charge >= 0.3 is 5.97 Å². The van der Waals surface area contributed by atoms with Crippen molar-refractivity contribution in [1.29, 1.82) is 0 Å². The van der Waals surface area contributed by atoms with Crippen LogP contribution in [0.15, 0.2) is 77.7 Å². The second kappa shape index (κ2) is 9.45. The number of aryl methyl sites for hydroxylation is 2. The molecule has 0 heterocycles. The van der Waals surface area contributed by atoms with Gasteiger partial charge in [-0.25, -0.2) is 13.2 Å². The maximum absolute atomic E-state index is 12.8. The molecule has 6 nitrogen and oxygen atoms in total. The van der Waals surface area contributed by atoms with Crippen molar-refractivity contribution in [3.05, 3.63) is 89.5 Å². The summed E-state index contributed by atoms with van der Waals surface area (Å²) < 4.78 is 38.9.